The molecule has 2 aromatic rings. The molecular formula is C13H11NO. The van der Waals surface area contributed by atoms with Gasteiger partial charge in [0.2, 0.25) is 0 Å². The smallest absolute Gasteiger partial charge is 0.168 e. The summed E-state index contributed by atoms with van der Waals surface area (Å²) in [6.07, 6.45) is -0.477. The van der Waals surface area contributed by atoms with E-state index in [9.17, 15) is 0 Å². The average Bonchev–Trinajstić information content (AvgIpc) is 2.30. The van der Waals surface area contributed by atoms with Gasteiger partial charge in [-0.25, -0.2) is 0 Å². The largest absolute Gasteiger partial charge is 0.362 e. The molecule has 2 heteroatoms. The minimum atomic E-state index is -0.477. The summed E-state index contributed by atoms with van der Waals surface area (Å²) in [7, 11) is 1.54. The van der Waals surface area contributed by atoms with Crippen LogP contribution in [0.25, 0.3) is 10.8 Å². The number of nitriles is 1. The molecule has 0 N–H and O–H groups in total. The molecule has 74 valence electrons. The Labute approximate surface area is 88.7 Å². The van der Waals surface area contributed by atoms with Crippen molar-refractivity contribution in [1.82, 2.24) is 0 Å². The normalized spacial score (nSPS) is 12.3. The average molecular weight is 197 g/mol. The highest BCUT2D eigenvalue weighted by Gasteiger charge is 2.08. The third kappa shape index (κ3) is 1.83. The fraction of sp³-hybridized carbons (Fsp3) is 0.154. The van der Waals surface area contributed by atoms with Crippen LogP contribution in [0.15, 0.2) is 42.5 Å². The quantitative estimate of drug-likeness (QED) is 0.741. The predicted octanol–water partition coefficient (Wildman–Crippen LogP) is 3.05. The molecule has 2 aromatic carbocycles. The van der Waals surface area contributed by atoms with Crippen LogP contribution in [0.4, 0.5) is 0 Å². The van der Waals surface area contributed by atoms with Gasteiger partial charge in [-0.3, -0.25) is 0 Å². The minimum Gasteiger partial charge on any atom is -0.362 e. The Morgan fingerprint density at radius 2 is 1.87 bits per heavy atom. The summed E-state index contributed by atoms with van der Waals surface area (Å²) in [5.74, 6) is 0. The molecule has 0 aliphatic rings. The first-order valence-corrected chi connectivity index (χ1v) is 4.76. The second-order valence-electron chi connectivity index (χ2n) is 3.35. The molecule has 0 saturated heterocycles. The molecule has 0 amide bonds. The van der Waals surface area contributed by atoms with Crippen LogP contribution >= 0.6 is 0 Å². The van der Waals surface area contributed by atoms with Crippen molar-refractivity contribution < 1.29 is 4.74 Å². The molecule has 15 heavy (non-hydrogen) atoms. The topological polar surface area (TPSA) is 33.0 Å². The molecular weight excluding hydrogens is 186 g/mol. The molecule has 0 unspecified atom stereocenters. The Kier molecular flexibility index (Phi) is 2.66. The van der Waals surface area contributed by atoms with Crippen LogP contribution in [0.1, 0.15) is 11.7 Å². The van der Waals surface area contributed by atoms with E-state index in [0.29, 0.717) is 0 Å². The Morgan fingerprint density at radius 1 is 1.13 bits per heavy atom. The molecule has 0 aliphatic carbocycles. The van der Waals surface area contributed by atoms with Crippen molar-refractivity contribution in [2.24, 2.45) is 0 Å². The summed E-state index contributed by atoms with van der Waals surface area (Å²) >= 11 is 0. The van der Waals surface area contributed by atoms with Crippen LogP contribution in [0, 0.1) is 11.3 Å². The minimum absolute atomic E-state index is 0.477. The molecule has 0 bridgehead atoms. The van der Waals surface area contributed by atoms with Crippen molar-refractivity contribution in [3.8, 4) is 6.07 Å². The molecule has 0 heterocycles. The Hall–Kier alpha value is -1.85. The van der Waals surface area contributed by atoms with Gasteiger partial charge in [0.15, 0.2) is 6.10 Å². The van der Waals surface area contributed by atoms with E-state index in [1.165, 1.54) is 5.39 Å². The monoisotopic (exact) mass is 197 g/mol. The molecule has 0 saturated carbocycles. The lowest BCUT2D eigenvalue weighted by molar-refractivity contribution is 0.149. The maximum absolute atomic E-state index is 8.88. The van der Waals surface area contributed by atoms with Crippen LogP contribution in [0.2, 0.25) is 0 Å². The Bertz CT molecular complexity index is 513. The lowest BCUT2D eigenvalue weighted by Gasteiger charge is -2.07. The molecule has 2 nitrogen and oxygen atoms in total. The Balaban J connectivity index is 2.52. The molecule has 0 fully saturated rings. The first-order chi connectivity index (χ1) is 7.35. The number of nitrogens with zero attached hydrogens (tertiary/aromatic N) is 1. The van der Waals surface area contributed by atoms with Gasteiger partial charge in [-0.1, -0.05) is 36.4 Å². The van der Waals surface area contributed by atoms with Crippen LogP contribution in [-0.2, 0) is 4.74 Å². The zero-order chi connectivity index (χ0) is 10.7. The van der Waals surface area contributed by atoms with Gasteiger partial charge in [0.1, 0.15) is 0 Å². The van der Waals surface area contributed by atoms with Crippen LogP contribution in [0.5, 0.6) is 0 Å². The van der Waals surface area contributed by atoms with Crippen molar-refractivity contribution in [1.29, 1.82) is 5.26 Å². The fourth-order valence-electron chi connectivity index (χ4n) is 1.63. The molecule has 0 spiro atoms. The highest BCUT2D eigenvalue weighted by molar-refractivity contribution is 5.83. The van der Waals surface area contributed by atoms with Gasteiger partial charge in [0.25, 0.3) is 0 Å². The van der Waals surface area contributed by atoms with Gasteiger partial charge in [-0.05, 0) is 22.4 Å². The van der Waals surface area contributed by atoms with E-state index >= 15 is 0 Å². The first-order valence-electron chi connectivity index (χ1n) is 4.76. The van der Waals surface area contributed by atoms with E-state index in [2.05, 4.69) is 6.07 Å². The van der Waals surface area contributed by atoms with Crippen molar-refractivity contribution in [2.75, 3.05) is 7.11 Å². The lowest BCUT2D eigenvalue weighted by Crippen LogP contribution is -1.97. The van der Waals surface area contributed by atoms with E-state index in [1.807, 2.05) is 42.5 Å². The maximum Gasteiger partial charge on any atom is 0.168 e. The maximum atomic E-state index is 8.88. The summed E-state index contributed by atoms with van der Waals surface area (Å²) < 4.78 is 5.07. The number of hydrogen-bond acceptors (Lipinski definition) is 2. The number of rotatable bonds is 2. The van der Waals surface area contributed by atoms with Gasteiger partial charge in [0, 0.05) is 7.11 Å². The molecule has 0 aliphatic heterocycles. The summed E-state index contributed by atoms with van der Waals surface area (Å²) in [5, 5.41) is 11.2. The van der Waals surface area contributed by atoms with Crippen molar-refractivity contribution >= 4 is 10.8 Å². The zero-order valence-corrected chi connectivity index (χ0v) is 8.47. The van der Waals surface area contributed by atoms with Crippen molar-refractivity contribution in [2.45, 2.75) is 6.10 Å². The van der Waals surface area contributed by atoms with Gasteiger partial charge in [-0.2, -0.15) is 5.26 Å². The molecule has 1 atom stereocenters. The molecule has 0 radical (unpaired) electrons. The van der Waals surface area contributed by atoms with Crippen LogP contribution in [0.3, 0.4) is 0 Å². The third-order valence-electron chi connectivity index (χ3n) is 2.43. The van der Waals surface area contributed by atoms with Crippen molar-refractivity contribution in [3.63, 3.8) is 0 Å². The number of hydrogen-bond donors (Lipinski definition) is 0. The number of benzene rings is 2. The van der Waals surface area contributed by atoms with E-state index in [0.717, 1.165) is 10.9 Å². The van der Waals surface area contributed by atoms with Gasteiger partial charge in [-0.15, -0.1) is 0 Å². The second kappa shape index (κ2) is 4.12. The summed E-state index contributed by atoms with van der Waals surface area (Å²) in [6.45, 7) is 0. The second-order valence-corrected chi connectivity index (χ2v) is 3.35. The molecule has 2 rings (SSSR count). The number of fused-ring (bicyclic) bond motifs is 1. The van der Waals surface area contributed by atoms with E-state index in [-0.39, 0.29) is 0 Å². The highest BCUT2D eigenvalue weighted by atomic mass is 16.5. The molecule has 0 aromatic heterocycles. The lowest BCUT2D eigenvalue weighted by atomic mass is 10.0. The third-order valence-corrected chi connectivity index (χ3v) is 2.43. The van der Waals surface area contributed by atoms with E-state index in [1.54, 1.807) is 7.11 Å². The van der Waals surface area contributed by atoms with E-state index in [4.69, 9.17) is 10.00 Å². The number of ether oxygens (including phenoxy) is 1. The van der Waals surface area contributed by atoms with E-state index < -0.39 is 6.10 Å². The van der Waals surface area contributed by atoms with Gasteiger partial charge in [0.05, 0.1) is 6.07 Å². The summed E-state index contributed by atoms with van der Waals surface area (Å²) in [5.41, 5.74) is 0.902. The Morgan fingerprint density at radius 3 is 2.53 bits per heavy atom. The summed E-state index contributed by atoms with van der Waals surface area (Å²) in [6, 6.07) is 16.1. The van der Waals surface area contributed by atoms with Crippen molar-refractivity contribution in [3.05, 3.63) is 48.0 Å². The van der Waals surface area contributed by atoms with Gasteiger partial charge >= 0.3 is 0 Å². The first kappa shape index (κ1) is 9.70. The standard InChI is InChI=1S/C13H11NO/c1-15-13(9-14)12-7-6-10-4-2-3-5-11(10)8-12/h2-8,13H,1H3/t13-/m1/s1. The number of methoxy groups -OCH3 is 1. The van der Waals surface area contributed by atoms with Gasteiger partial charge < -0.3 is 4.74 Å². The zero-order valence-electron chi connectivity index (χ0n) is 8.47. The van der Waals surface area contributed by atoms with Crippen LogP contribution < -0.4 is 0 Å². The fourth-order valence-corrected chi connectivity index (χ4v) is 1.63. The SMILES string of the molecule is CO[C@H](C#N)c1ccc2ccccc2c1. The highest BCUT2D eigenvalue weighted by Crippen LogP contribution is 2.21. The predicted molar refractivity (Wildman–Crippen MR) is 59.3 cm³/mol. The summed E-state index contributed by atoms with van der Waals surface area (Å²) in [4.78, 5) is 0. The van der Waals surface area contributed by atoms with Crippen LogP contribution in [-0.4, -0.2) is 7.11 Å².